The molecule has 2 aromatic rings. The molecule has 0 aliphatic rings. The third kappa shape index (κ3) is 4.90. The molecule has 2 rings (SSSR count). The average molecular weight is 360 g/mol. The first kappa shape index (κ1) is 20.1. The minimum atomic E-state index is -0.214. The Balaban J connectivity index is 2.15. The molecule has 0 heterocycles. The van der Waals surface area contributed by atoms with Crippen LogP contribution in [0, 0.1) is 11.8 Å². The number of methoxy groups -OCH3 is 1. The van der Waals surface area contributed by atoms with Gasteiger partial charge in [-0.1, -0.05) is 25.5 Å². The molecule has 0 unspecified atom stereocenters. The largest absolute Gasteiger partial charge is 0.508 e. The molecule has 142 valence electrons. The van der Waals surface area contributed by atoms with Gasteiger partial charge in [0.05, 0.1) is 13.7 Å². The molecule has 0 aliphatic heterocycles. The maximum atomic E-state index is 9.93. The maximum absolute atomic E-state index is 9.93. The van der Waals surface area contributed by atoms with Crippen LogP contribution >= 0.6 is 0 Å². The van der Waals surface area contributed by atoms with Crippen molar-refractivity contribution in [2.75, 3.05) is 13.7 Å². The zero-order valence-electron chi connectivity index (χ0n) is 15.4. The van der Waals surface area contributed by atoms with Crippen molar-refractivity contribution >= 4 is 0 Å². The molecule has 2 aromatic carbocycles. The lowest BCUT2D eigenvalue weighted by atomic mass is 9.81. The highest BCUT2D eigenvalue weighted by Gasteiger charge is 2.21. The van der Waals surface area contributed by atoms with Crippen molar-refractivity contribution in [2.45, 2.75) is 32.8 Å². The lowest BCUT2D eigenvalue weighted by molar-refractivity contribution is 0.170. The monoisotopic (exact) mass is 360 g/mol. The second kappa shape index (κ2) is 9.46. The lowest BCUT2D eigenvalue weighted by Crippen LogP contribution is -2.22. The summed E-state index contributed by atoms with van der Waals surface area (Å²) in [6, 6.07) is 10.5. The predicted octanol–water partition coefficient (Wildman–Crippen LogP) is 3.02. The number of aliphatic hydroxyl groups excluding tert-OH is 2. The fourth-order valence-electron chi connectivity index (χ4n) is 3.37. The zero-order chi connectivity index (χ0) is 19.1. The molecule has 5 nitrogen and oxygen atoms in total. The van der Waals surface area contributed by atoms with E-state index in [-0.39, 0.29) is 36.5 Å². The van der Waals surface area contributed by atoms with Gasteiger partial charge in [0.2, 0.25) is 0 Å². The van der Waals surface area contributed by atoms with Gasteiger partial charge in [-0.05, 0) is 60.1 Å². The molecule has 26 heavy (non-hydrogen) atoms. The van der Waals surface area contributed by atoms with Crippen LogP contribution in [0.5, 0.6) is 17.2 Å². The molecule has 0 spiro atoms. The smallest absolute Gasteiger partial charge is 0.160 e. The molecule has 2 atom stereocenters. The van der Waals surface area contributed by atoms with Gasteiger partial charge in [-0.2, -0.15) is 0 Å². The van der Waals surface area contributed by atoms with Gasteiger partial charge in [0.15, 0.2) is 11.5 Å². The predicted molar refractivity (Wildman–Crippen MR) is 100 cm³/mol. The van der Waals surface area contributed by atoms with E-state index >= 15 is 0 Å². The van der Waals surface area contributed by atoms with Crippen LogP contribution in [0.3, 0.4) is 0 Å². The van der Waals surface area contributed by atoms with Gasteiger partial charge >= 0.3 is 0 Å². The Morgan fingerprint density at radius 2 is 1.50 bits per heavy atom. The van der Waals surface area contributed by atoms with Crippen LogP contribution in [-0.2, 0) is 19.4 Å². The summed E-state index contributed by atoms with van der Waals surface area (Å²) in [5, 5.41) is 38.7. The number of aromatic hydroxyl groups is 2. The van der Waals surface area contributed by atoms with E-state index in [0.29, 0.717) is 17.7 Å². The van der Waals surface area contributed by atoms with E-state index in [0.717, 1.165) is 24.0 Å². The third-order valence-electron chi connectivity index (χ3n) is 4.98. The standard InChI is InChI=1S/C21H28O5/c1-3-16(8-15-5-7-20(25)21(11-15)26-2)17(12-22)9-14-4-6-19(24)18(10-14)13-23/h4-7,10-11,16-17,22-25H,3,8-9,12-13H2,1-2H3/t16-,17+/m1/s1. The van der Waals surface area contributed by atoms with Gasteiger partial charge in [-0.25, -0.2) is 0 Å². The number of hydrogen-bond acceptors (Lipinski definition) is 5. The zero-order valence-corrected chi connectivity index (χ0v) is 15.4. The molecule has 0 saturated carbocycles. The molecular formula is C21H28O5. The second-order valence-electron chi connectivity index (χ2n) is 6.65. The van der Waals surface area contributed by atoms with Gasteiger partial charge < -0.3 is 25.2 Å². The van der Waals surface area contributed by atoms with Crippen LogP contribution in [0.1, 0.15) is 30.0 Å². The highest BCUT2D eigenvalue weighted by atomic mass is 16.5. The third-order valence-corrected chi connectivity index (χ3v) is 4.98. The van der Waals surface area contributed by atoms with E-state index in [1.165, 1.54) is 7.11 Å². The fraction of sp³-hybridized carbons (Fsp3) is 0.429. The van der Waals surface area contributed by atoms with Gasteiger partial charge in [-0.15, -0.1) is 0 Å². The Morgan fingerprint density at radius 1 is 0.885 bits per heavy atom. The van der Waals surface area contributed by atoms with Gasteiger partial charge in [-0.3, -0.25) is 0 Å². The SMILES string of the molecule is CC[C@H](Cc1ccc(O)c(OC)c1)[C@H](CO)Cc1ccc(O)c(CO)c1. The van der Waals surface area contributed by atoms with Crippen LogP contribution in [0.15, 0.2) is 36.4 Å². The Morgan fingerprint density at radius 3 is 2.08 bits per heavy atom. The van der Waals surface area contributed by atoms with Crippen LogP contribution in [0.2, 0.25) is 0 Å². The lowest BCUT2D eigenvalue weighted by Gasteiger charge is -2.25. The summed E-state index contributed by atoms with van der Waals surface area (Å²) in [5.74, 6) is 0.948. The molecule has 4 N–H and O–H groups in total. The Labute approximate surface area is 154 Å². The number of hydrogen-bond donors (Lipinski definition) is 4. The Bertz CT molecular complexity index is 652. The summed E-state index contributed by atoms with van der Waals surface area (Å²) in [4.78, 5) is 0. The summed E-state index contributed by atoms with van der Waals surface area (Å²) in [5.41, 5.74) is 2.52. The van der Waals surface area contributed by atoms with Crippen molar-refractivity contribution < 1.29 is 25.2 Å². The summed E-state index contributed by atoms with van der Waals surface area (Å²) in [7, 11) is 1.52. The van der Waals surface area contributed by atoms with Gasteiger partial charge in [0, 0.05) is 12.2 Å². The van der Waals surface area contributed by atoms with Gasteiger partial charge in [0.1, 0.15) is 5.75 Å². The van der Waals surface area contributed by atoms with Crippen LogP contribution in [-0.4, -0.2) is 34.1 Å². The minimum Gasteiger partial charge on any atom is -0.508 e. The first-order valence-electron chi connectivity index (χ1n) is 8.90. The number of benzene rings is 2. The van der Waals surface area contributed by atoms with E-state index in [9.17, 15) is 20.4 Å². The molecule has 5 heteroatoms. The summed E-state index contributed by atoms with van der Waals surface area (Å²) < 4.78 is 5.17. The molecule has 0 amide bonds. The number of phenols is 2. The van der Waals surface area contributed by atoms with E-state index in [1.54, 1.807) is 18.2 Å². The normalized spacial score (nSPS) is 13.4. The van der Waals surface area contributed by atoms with Crippen LogP contribution in [0.4, 0.5) is 0 Å². The maximum Gasteiger partial charge on any atom is 0.160 e. The van der Waals surface area contributed by atoms with Crippen molar-refractivity contribution in [2.24, 2.45) is 11.8 Å². The van der Waals surface area contributed by atoms with Crippen molar-refractivity contribution in [3.63, 3.8) is 0 Å². The molecule has 0 aromatic heterocycles. The van der Waals surface area contributed by atoms with Crippen LogP contribution < -0.4 is 4.74 Å². The Hall–Kier alpha value is -2.24. The van der Waals surface area contributed by atoms with Crippen molar-refractivity contribution in [3.8, 4) is 17.2 Å². The first-order chi connectivity index (χ1) is 12.5. The quantitative estimate of drug-likeness (QED) is 0.552. The number of aliphatic hydroxyl groups is 2. The topological polar surface area (TPSA) is 90.2 Å². The van der Waals surface area contributed by atoms with Crippen LogP contribution in [0.25, 0.3) is 0 Å². The van der Waals surface area contributed by atoms with E-state index < -0.39 is 0 Å². The highest BCUT2D eigenvalue weighted by molar-refractivity contribution is 5.42. The summed E-state index contributed by atoms with van der Waals surface area (Å²) in [6.45, 7) is 1.94. The van der Waals surface area contributed by atoms with Crippen molar-refractivity contribution in [1.29, 1.82) is 0 Å². The average Bonchev–Trinajstić information content (AvgIpc) is 2.66. The number of phenolic OH excluding ortho intramolecular Hbond substituents is 1. The molecule has 0 saturated heterocycles. The molecule has 0 fully saturated rings. The fourth-order valence-corrected chi connectivity index (χ4v) is 3.37. The van der Waals surface area contributed by atoms with Crippen molar-refractivity contribution in [1.82, 2.24) is 0 Å². The van der Waals surface area contributed by atoms with Crippen molar-refractivity contribution in [3.05, 3.63) is 53.1 Å². The van der Waals surface area contributed by atoms with Gasteiger partial charge in [0.25, 0.3) is 0 Å². The number of rotatable bonds is 9. The summed E-state index contributed by atoms with van der Waals surface area (Å²) >= 11 is 0. The van der Waals surface area contributed by atoms with E-state index in [4.69, 9.17) is 4.74 Å². The highest BCUT2D eigenvalue weighted by Crippen LogP contribution is 2.31. The Kier molecular flexibility index (Phi) is 7.30. The molecule has 0 radical (unpaired) electrons. The van der Waals surface area contributed by atoms with E-state index in [2.05, 4.69) is 6.92 Å². The number of ether oxygens (including phenoxy) is 1. The minimum absolute atomic E-state index is 0.0517. The first-order valence-corrected chi connectivity index (χ1v) is 8.90. The second-order valence-corrected chi connectivity index (χ2v) is 6.65. The summed E-state index contributed by atoms with van der Waals surface area (Å²) in [6.07, 6.45) is 2.33. The molecular weight excluding hydrogens is 332 g/mol. The van der Waals surface area contributed by atoms with E-state index in [1.807, 2.05) is 18.2 Å². The molecule has 0 aliphatic carbocycles. The molecule has 0 bridgehead atoms.